The van der Waals surface area contributed by atoms with Crippen molar-refractivity contribution in [3.05, 3.63) is 16.2 Å². The summed E-state index contributed by atoms with van der Waals surface area (Å²) < 4.78 is 4.91. The molecule has 1 heterocycles. The molecule has 0 radical (unpaired) electrons. The maximum Gasteiger partial charge on any atom is 0.344 e. The van der Waals surface area contributed by atoms with Crippen molar-refractivity contribution in [1.29, 1.82) is 0 Å². The van der Waals surface area contributed by atoms with E-state index in [1.165, 1.54) is 7.11 Å². The van der Waals surface area contributed by atoms with Gasteiger partial charge < -0.3 is 20.2 Å². The molecule has 0 spiro atoms. The van der Waals surface area contributed by atoms with Crippen molar-refractivity contribution in [1.82, 2.24) is 10.2 Å². The lowest BCUT2D eigenvalue weighted by molar-refractivity contribution is -0.389. The van der Waals surface area contributed by atoms with Gasteiger partial charge in [-0.3, -0.25) is 4.79 Å². The number of nitrogens with one attached hydrogen (secondary N) is 2. The summed E-state index contributed by atoms with van der Waals surface area (Å²) in [5.74, 6) is -0.475. The van der Waals surface area contributed by atoms with Crippen molar-refractivity contribution < 1.29 is 14.5 Å². The van der Waals surface area contributed by atoms with Crippen molar-refractivity contribution in [2.45, 2.75) is 13.8 Å². The van der Waals surface area contributed by atoms with Gasteiger partial charge in [0.25, 0.3) is 0 Å². The van der Waals surface area contributed by atoms with Gasteiger partial charge in [-0.25, -0.2) is 0 Å². The number of ether oxygens (including phenoxy) is 1. The molecule has 1 aromatic rings. The number of carbonyl (C=O) groups excluding carboxylic acids is 1. The fraction of sp³-hybridized carbons (Fsp3) is 0.556. The maximum absolute atomic E-state index is 11.8. The van der Waals surface area contributed by atoms with Crippen LogP contribution in [0, 0.1) is 15.5 Å². The quantitative estimate of drug-likeness (QED) is 0.589. The first kappa shape index (κ1) is 13.1. The van der Waals surface area contributed by atoms with E-state index in [2.05, 4.69) is 15.5 Å². The monoisotopic (exact) mass is 242 g/mol. The number of aromatic nitrogens is 2. The molecule has 0 saturated heterocycles. The van der Waals surface area contributed by atoms with E-state index in [9.17, 15) is 14.9 Å². The smallest absolute Gasteiger partial charge is 0.344 e. The van der Waals surface area contributed by atoms with E-state index in [0.29, 0.717) is 0 Å². The largest absolute Gasteiger partial charge is 0.384 e. The summed E-state index contributed by atoms with van der Waals surface area (Å²) in [4.78, 5) is 21.6. The Kier molecular flexibility index (Phi) is 3.79. The second-order valence-electron chi connectivity index (χ2n) is 4.17. The first-order chi connectivity index (χ1) is 7.86. The minimum atomic E-state index is -0.734. The van der Waals surface area contributed by atoms with Crippen LogP contribution in [-0.2, 0) is 9.53 Å². The molecule has 8 heteroatoms. The maximum atomic E-state index is 11.8. The third-order valence-electron chi connectivity index (χ3n) is 2.12. The molecule has 0 fully saturated rings. The molecule has 0 aliphatic heterocycles. The number of hydrogen-bond acceptors (Lipinski definition) is 5. The molecule has 94 valence electrons. The van der Waals surface area contributed by atoms with Gasteiger partial charge >= 0.3 is 5.82 Å². The first-order valence-corrected chi connectivity index (χ1v) is 4.87. The fourth-order valence-corrected chi connectivity index (χ4v) is 1.18. The molecule has 0 aliphatic rings. The first-order valence-electron chi connectivity index (χ1n) is 4.87. The second-order valence-corrected chi connectivity index (χ2v) is 4.17. The summed E-state index contributed by atoms with van der Waals surface area (Å²) >= 11 is 0. The number of aromatic amines is 1. The average Bonchev–Trinajstić information content (AvgIpc) is 2.66. The Morgan fingerprint density at radius 1 is 1.71 bits per heavy atom. The minimum Gasteiger partial charge on any atom is -0.384 e. The highest BCUT2D eigenvalue weighted by molar-refractivity contribution is 5.94. The summed E-state index contributed by atoms with van der Waals surface area (Å²) in [6.07, 6.45) is 0. The van der Waals surface area contributed by atoms with Gasteiger partial charge in [-0.05, 0) is 18.8 Å². The van der Waals surface area contributed by atoms with Gasteiger partial charge in [0.2, 0.25) is 5.91 Å². The zero-order valence-corrected chi connectivity index (χ0v) is 9.81. The van der Waals surface area contributed by atoms with Crippen LogP contribution < -0.4 is 5.32 Å². The molecule has 0 aromatic carbocycles. The number of methoxy groups -OCH3 is 1. The van der Waals surface area contributed by atoms with E-state index in [0.717, 1.165) is 6.07 Å². The van der Waals surface area contributed by atoms with Crippen molar-refractivity contribution in [3.63, 3.8) is 0 Å². The summed E-state index contributed by atoms with van der Waals surface area (Å²) in [6.45, 7) is 3.64. The minimum absolute atomic E-state index is 0.117. The van der Waals surface area contributed by atoms with Gasteiger partial charge in [0.05, 0.1) is 18.1 Å². The molecule has 0 saturated carbocycles. The second kappa shape index (κ2) is 4.91. The molecule has 1 rings (SSSR count). The average molecular weight is 242 g/mol. The number of rotatable bonds is 5. The highest BCUT2D eigenvalue weighted by Crippen LogP contribution is 2.19. The highest BCUT2D eigenvalue weighted by Gasteiger charge is 2.28. The van der Waals surface area contributed by atoms with Crippen LogP contribution in [-0.4, -0.2) is 34.7 Å². The third-order valence-corrected chi connectivity index (χ3v) is 2.12. The van der Waals surface area contributed by atoms with Gasteiger partial charge in [-0.1, -0.05) is 5.10 Å². The van der Waals surface area contributed by atoms with Crippen molar-refractivity contribution in [2.24, 2.45) is 5.41 Å². The number of carbonyl (C=O) groups is 1. The normalized spacial score (nSPS) is 11.2. The van der Waals surface area contributed by atoms with Gasteiger partial charge in [0, 0.05) is 7.11 Å². The lowest BCUT2D eigenvalue weighted by Gasteiger charge is -2.21. The van der Waals surface area contributed by atoms with Crippen LogP contribution >= 0.6 is 0 Å². The zero-order valence-electron chi connectivity index (χ0n) is 9.81. The Morgan fingerprint density at radius 3 is 2.82 bits per heavy atom. The van der Waals surface area contributed by atoms with E-state index in [-0.39, 0.29) is 24.1 Å². The number of nitro groups is 1. The van der Waals surface area contributed by atoms with Gasteiger partial charge in [0.1, 0.15) is 0 Å². The summed E-state index contributed by atoms with van der Waals surface area (Å²) in [7, 11) is 1.49. The van der Waals surface area contributed by atoms with E-state index >= 15 is 0 Å². The summed E-state index contributed by atoms with van der Waals surface area (Å²) in [5.41, 5.74) is -0.734. The Hall–Kier alpha value is -1.96. The Bertz CT molecular complexity index is 426. The summed E-state index contributed by atoms with van der Waals surface area (Å²) in [5, 5.41) is 18.7. The van der Waals surface area contributed by atoms with E-state index in [1.807, 2.05) is 0 Å². The molecule has 1 aromatic heterocycles. The zero-order chi connectivity index (χ0) is 13.1. The van der Waals surface area contributed by atoms with E-state index < -0.39 is 10.3 Å². The molecule has 0 atom stereocenters. The number of H-pyrrole nitrogens is 1. The predicted molar refractivity (Wildman–Crippen MR) is 59.5 cm³/mol. The van der Waals surface area contributed by atoms with Crippen molar-refractivity contribution >= 4 is 17.5 Å². The van der Waals surface area contributed by atoms with Crippen LogP contribution in [0.25, 0.3) is 0 Å². The Morgan fingerprint density at radius 2 is 2.35 bits per heavy atom. The molecular weight excluding hydrogens is 228 g/mol. The van der Waals surface area contributed by atoms with Crippen LogP contribution in [0.2, 0.25) is 0 Å². The molecule has 2 N–H and O–H groups in total. The number of amides is 1. The van der Waals surface area contributed by atoms with Crippen LogP contribution in [0.5, 0.6) is 0 Å². The van der Waals surface area contributed by atoms with Crippen molar-refractivity contribution in [3.8, 4) is 0 Å². The van der Waals surface area contributed by atoms with Crippen molar-refractivity contribution in [2.75, 3.05) is 19.0 Å². The summed E-state index contributed by atoms with van der Waals surface area (Å²) in [6, 6.07) is 1.15. The number of nitrogens with zero attached hydrogens (tertiary/aromatic N) is 2. The lowest BCUT2D eigenvalue weighted by Crippen LogP contribution is -2.34. The van der Waals surface area contributed by atoms with E-state index in [4.69, 9.17) is 4.74 Å². The SMILES string of the molecule is COCC(C)(C)C(=O)Nc1cc([N+](=O)[O-])[nH]n1. The molecular formula is C9H14N4O4. The lowest BCUT2D eigenvalue weighted by atomic mass is 9.94. The van der Waals surface area contributed by atoms with Gasteiger partial charge in [-0.2, -0.15) is 0 Å². The number of hydrogen-bond donors (Lipinski definition) is 2. The highest BCUT2D eigenvalue weighted by atomic mass is 16.6. The molecule has 0 unspecified atom stereocenters. The Balaban J connectivity index is 2.70. The standard InChI is InChI=1S/C9H14N4O4/c1-9(2,5-17-3)8(14)10-6-4-7(12-11-6)13(15)16/h4H,5H2,1-3H3,(H2,10,11,12,14). The topological polar surface area (TPSA) is 110 Å². The fourth-order valence-electron chi connectivity index (χ4n) is 1.18. The third kappa shape index (κ3) is 3.25. The van der Waals surface area contributed by atoms with E-state index in [1.54, 1.807) is 13.8 Å². The van der Waals surface area contributed by atoms with Gasteiger partial charge in [0.15, 0.2) is 5.82 Å². The molecule has 8 nitrogen and oxygen atoms in total. The molecule has 17 heavy (non-hydrogen) atoms. The van der Waals surface area contributed by atoms with Crippen LogP contribution in [0.3, 0.4) is 0 Å². The van der Waals surface area contributed by atoms with Crippen LogP contribution in [0.4, 0.5) is 11.6 Å². The number of anilines is 1. The molecule has 0 aliphatic carbocycles. The molecule has 1 amide bonds. The van der Waals surface area contributed by atoms with Crippen LogP contribution in [0.15, 0.2) is 6.07 Å². The van der Waals surface area contributed by atoms with Crippen LogP contribution in [0.1, 0.15) is 13.8 Å². The molecule has 0 bridgehead atoms. The Labute approximate surface area is 97.5 Å². The van der Waals surface area contributed by atoms with Gasteiger partial charge in [-0.15, -0.1) is 5.10 Å². The predicted octanol–water partition coefficient (Wildman–Crippen LogP) is 0.929.